The predicted octanol–water partition coefficient (Wildman–Crippen LogP) is 2.36. The molecule has 0 radical (unpaired) electrons. The largest absolute Gasteiger partial charge is 0.486 e. The molecule has 1 aliphatic heterocycles. The highest BCUT2D eigenvalue weighted by molar-refractivity contribution is 7.09. The number of rotatable bonds is 7. The number of thiophene rings is 1. The third-order valence-corrected chi connectivity index (χ3v) is 5.40. The van der Waals surface area contributed by atoms with Crippen molar-refractivity contribution < 1.29 is 23.6 Å². The molecular weight excluding hydrogens is 376 g/mol. The van der Waals surface area contributed by atoms with E-state index in [1.807, 2.05) is 59.8 Å². The van der Waals surface area contributed by atoms with Crippen molar-refractivity contribution in [3.63, 3.8) is 0 Å². The summed E-state index contributed by atoms with van der Waals surface area (Å²) in [6.07, 6.45) is 1.66. The van der Waals surface area contributed by atoms with Gasteiger partial charge in [0.2, 0.25) is 0 Å². The van der Waals surface area contributed by atoms with Crippen molar-refractivity contribution in [2.45, 2.75) is 13.1 Å². The molecule has 1 amide bonds. The molecule has 0 spiro atoms. The number of fused-ring (bicyclic) bond motifs is 1. The maximum atomic E-state index is 13.2. The lowest BCUT2D eigenvalue weighted by atomic mass is 10.2. The number of quaternary nitrogens is 1. The van der Waals surface area contributed by atoms with Crippen LogP contribution in [0.15, 0.2) is 58.5 Å². The second-order valence-corrected chi connectivity index (χ2v) is 7.81. The Balaban J connectivity index is 1.53. The topological polar surface area (TPSA) is 56.4 Å². The van der Waals surface area contributed by atoms with Crippen molar-refractivity contribution in [3.8, 4) is 11.5 Å². The number of hydrogen-bond donors (Lipinski definition) is 1. The number of anilines is 1. The van der Waals surface area contributed by atoms with E-state index in [4.69, 9.17) is 13.9 Å². The first-order chi connectivity index (χ1) is 13.7. The van der Waals surface area contributed by atoms with Gasteiger partial charge in [0.1, 0.15) is 19.8 Å². The molecule has 0 fully saturated rings. The molecule has 1 unspecified atom stereocenters. The highest BCUT2D eigenvalue weighted by atomic mass is 32.1. The van der Waals surface area contributed by atoms with Crippen LogP contribution in [0.1, 0.15) is 10.6 Å². The van der Waals surface area contributed by atoms with Crippen molar-refractivity contribution in [1.29, 1.82) is 0 Å². The first-order valence-corrected chi connectivity index (χ1v) is 10.1. The molecule has 3 aromatic rings. The number of amides is 1. The molecule has 146 valence electrons. The molecule has 0 saturated carbocycles. The second kappa shape index (κ2) is 8.50. The summed E-state index contributed by atoms with van der Waals surface area (Å²) >= 11 is 1.64. The molecule has 28 heavy (non-hydrogen) atoms. The smallest absolute Gasteiger partial charge is 0.282 e. The van der Waals surface area contributed by atoms with Gasteiger partial charge in [-0.3, -0.25) is 4.79 Å². The van der Waals surface area contributed by atoms with Crippen LogP contribution in [0.4, 0.5) is 5.69 Å². The zero-order valence-electron chi connectivity index (χ0n) is 15.7. The highest BCUT2D eigenvalue weighted by Crippen LogP contribution is 2.34. The number of carbonyl (C=O) groups is 1. The van der Waals surface area contributed by atoms with Crippen molar-refractivity contribution in [2.75, 3.05) is 31.7 Å². The Morgan fingerprint density at radius 2 is 2.00 bits per heavy atom. The highest BCUT2D eigenvalue weighted by Gasteiger charge is 2.23. The quantitative estimate of drug-likeness (QED) is 0.663. The molecule has 0 aliphatic carbocycles. The Morgan fingerprint density at radius 1 is 1.14 bits per heavy atom. The Morgan fingerprint density at radius 3 is 2.75 bits per heavy atom. The SMILES string of the molecule is C[NH+](CC(=O)N(Cc1cccs1)c1ccc2c(c1)OCCO2)Cc1ccco1. The molecule has 1 atom stereocenters. The van der Waals surface area contributed by atoms with Crippen molar-refractivity contribution >= 4 is 22.9 Å². The lowest BCUT2D eigenvalue weighted by molar-refractivity contribution is -0.886. The number of hydrogen-bond acceptors (Lipinski definition) is 5. The second-order valence-electron chi connectivity index (χ2n) is 6.78. The van der Waals surface area contributed by atoms with Gasteiger partial charge in [0, 0.05) is 16.6 Å². The van der Waals surface area contributed by atoms with Crippen LogP contribution in [0.25, 0.3) is 0 Å². The molecule has 3 heterocycles. The fourth-order valence-electron chi connectivity index (χ4n) is 3.21. The zero-order chi connectivity index (χ0) is 19.3. The molecule has 7 heteroatoms. The number of nitrogens with zero attached hydrogens (tertiary/aromatic N) is 1. The van der Waals surface area contributed by atoms with Crippen LogP contribution < -0.4 is 19.3 Å². The Labute approximate surface area is 167 Å². The van der Waals surface area contributed by atoms with E-state index in [9.17, 15) is 4.79 Å². The maximum Gasteiger partial charge on any atom is 0.282 e. The van der Waals surface area contributed by atoms with E-state index in [-0.39, 0.29) is 5.91 Å². The molecule has 1 N–H and O–H groups in total. The van der Waals surface area contributed by atoms with Crippen LogP contribution in [0.3, 0.4) is 0 Å². The first kappa shape index (κ1) is 18.6. The van der Waals surface area contributed by atoms with E-state index in [1.54, 1.807) is 17.6 Å². The normalized spacial score (nSPS) is 13.9. The van der Waals surface area contributed by atoms with E-state index in [0.29, 0.717) is 38.6 Å². The van der Waals surface area contributed by atoms with Gasteiger partial charge in [-0.25, -0.2) is 0 Å². The lowest BCUT2D eigenvalue weighted by Crippen LogP contribution is -3.08. The average molecular weight is 399 g/mol. The van der Waals surface area contributed by atoms with Gasteiger partial charge in [-0.1, -0.05) is 6.07 Å². The number of carbonyl (C=O) groups excluding carboxylic acids is 1. The van der Waals surface area contributed by atoms with Crippen LogP contribution in [0.2, 0.25) is 0 Å². The summed E-state index contributed by atoms with van der Waals surface area (Å²) in [5.41, 5.74) is 0.813. The summed E-state index contributed by atoms with van der Waals surface area (Å²) in [6.45, 7) is 2.62. The van der Waals surface area contributed by atoms with Gasteiger partial charge >= 0.3 is 0 Å². The van der Waals surface area contributed by atoms with Gasteiger partial charge in [0.05, 0.1) is 19.9 Å². The Hall–Kier alpha value is -2.77. The number of nitrogens with one attached hydrogen (secondary N) is 1. The molecular formula is C21H23N2O4S+. The van der Waals surface area contributed by atoms with Gasteiger partial charge < -0.3 is 23.7 Å². The minimum absolute atomic E-state index is 0.0501. The molecule has 1 aliphatic rings. The van der Waals surface area contributed by atoms with Crippen LogP contribution in [0, 0.1) is 0 Å². The fourth-order valence-corrected chi connectivity index (χ4v) is 3.90. The summed E-state index contributed by atoms with van der Waals surface area (Å²) in [7, 11) is 1.99. The fraction of sp³-hybridized carbons (Fsp3) is 0.286. The van der Waals surface area contributed by atoms with Gasteiger partial charge in [-0.05, 0) is 35.7 Å². The minimum atomic E-state index is 0.0501. The zero-order valence-corrected chi connectivity index (χ0v) is 16.5. The average Bonchev–Trinajstić information content (AvgIpc) is 3.39. The summed E-state index contributed by atoms with van der Waals surface area (Å²) in [5.74, 6) is 2.33. The van der Waals surface area contributed by atoms with Crippen LogP contribution in [-0.4, -0.2) is 32.7 Å². The van der Waals surface area contributed by atoms with Crippen molar-refractivity contribution in [1.82, 2.24) is 0 Å². The van der Waals surface area contributed by atoms with Crippen molar-refractivity contribution in [2.24, 2.45) is 0 Å². The van der Waals surface area contributed by atoms with Crippen LogP contribution in [0.5, 0.6) is 11.5 Å². The molecule has 1 aromatic carbocycles. The monoisotopic (exact) mass is 399 g/mol. The maximum absolute atomic E-state index is 13.2. The molecule has 6 nitrogen and oxygen atoms in total. The molecule has 0 bridgehead atoms. The van der Waals surface area contributed by atoms with E-state index >= 15 is 0 Å². The van der Waals surface area contributed by atoms with E-state index in [2.05, 4.69) is 0 Å². The van der Waals surface area contributed by atoms with Gasteiger partial charge in [0.15, 0.2) is 23.8 Å². The third-order valence-electron chi connectivity index (χ3n) is 4.54. The summed E-state index contributed by atoms with van der Waals surface area (Å²) in [5, 5.41) is 2.02. The lowest BCUT2D eigenvalue weighted by Gasteiger charge is -2.26. The third kappa shape index (κ3) is 4.37. The number of likely N-dealkylation sites (N-methyl/N-ethyl adjacent to an activating group) is 1. The van der Waals surface area contributed by atoms with Crippen LogP contribution >= 0.6 is 11.3 Å². The van der Waals surface area contributed by atoms with Gasteiger partial charge in [-0.2, -0.15) is 0 Å². The van der Waals surface area contributed by atoms with E-state index in [0.717, 1.165) is 27.0 Å². The number of ether oxygens (including phenoxy) is 2. The number of benzene rings is 1. The molecule has 2 aromatic heterocycles. The predicted molar refractivity (Wildman–Crippen MR) is 107 cm³/mol. The molecule has 0 saturated heterocycles. The van der Waals surface area contributed by atoms with Crippen LogP contribution in [-0.2, 0) is 17.9 Å². The summed E-state index contributed by atoms with van der Waals surface area (Å²) in [4.78, 5) is 17.2. The Kier molecular flexibility index (Phi) is 5.64. The van der Waals surface area contributed by atoms with E-state index in [1.165, 1.54) is 0 Å². The Bertz CT molecular complexity index is 909. The van der Waals surface area contributed by atoms with Gasteiger partial charge in [-0.15, -0.1) is 11.3 Å². The molecule has 4 rings (SSSR count). The van der Waals surface area contributed by atoms with Gasteiger partial charge in [0.25, 0.3) is 5.91 Å². The first-order valence-electron chi connectivity index (χ1n) is 9.25. The number of furan rings is 1. The van der Waals surface area contributed by atoms with E-state index < -0.39 is 0 Å². The van der Waals surface area contributed by atoms with Crippen molar-refractivity contribution in [3.05, 3.63) is 64.7 Å². The summed E-state index contributed by atoms with van der Waals surface area (Å²) in [6, 6.07) is 13.5. The summed E-state index contributed by atoms with van der Waals surface area (Å²) < 4.78 is 16.7. The standard InChI is InChI=1S/C21H22N2O4S/c1-22(13-17-4-2-8-25-17)15-21(24)23(14-18-5-3-11-28-18)16-6-7-19-20(12-16)27-10-9-26-19/h2-8,11-12H,9-10,13-15H2,1H3/p+1. The minimum Gasteiger partial charge on any atom is -0.486 e.